The molecule has 62 valence electrons. The van der Waals surface area contributed by atoms with Gasteiger partial charge in [0.25, 0.3) is 0 Å². The van der Waals surface area contributed by atoms with Crippen molar-refractivity contribution in [2.24, 2.45) is 0 Å². The lowest BCUT2D eigenvalue weighted by Gasteiger charge is -2.01. The zero-order valence-corrected chi connectivity index (χ0v) is 6.54. The zero-order chi connectivity index (χ0) is 8.27. The second-order valence-corrected chi connectivity index (χ2v) is 2.65. The highest BCUT2D eigenvalue weighted by molar-refractivity contribution is 5.82. The van der Waals surface area contributed by atoms with Gasteiger partial charge in [-0.3, -0.25) is 0 Å². The minimum atomic E-state index is -0.422. The van der Waals surface area contributed by atoms with Crippen LogP contribution in [-0.4, -0.2) is 24.3 Å². The smallest absolute Gasteiger partial charge is 0.330 e. The fourth-order valence-corrected chi connectivity index (χ4v) is 1.23. The molecule has 1 N–H and O–H groups in total. The van der Waals surface area contributed by atoms with Crippen LogP contribution in [0.2, 0.25) is 0 Å². The molecule has 0 aliphatic heterocycles. The molecule has 0 radical (unpaired) electrons. The molecule has 1 aliphatic rings. The first-order valence-electron chi connectivity index (χ1n) is 3.70. The van der Waals surface area contributed by atoms with Crippen LogP contribution in [0, 0.1) is 0 Å². The Morgan fingerprint density at radius 1 is 1.82 bits per heavy atom. The lowest BCUT2D eigenvalue weighted by atomic mass is 10.2. The molecule has 3 heteroatoms. The Balaban J connectivity index is 2.57. The number of esters is 1. The summed E-state index contributed by atoms with van der Waals surface area (Å²) < 4.78 is 4.43. The van der Waals surface area contributed by atoms with E-state index >= 15 is 0 Å². The Bertz CT molecular complexity index is 184. The monoisotopic (exact) mass is 156 g/mol. The van der Waals surface area contributed by atoms with E-state index in [1.807, 2.05) is 0 Å². The third kappa shape index (κ3) is 2.05. The zero-order valence-electron chi connectivity index (χ0n) is 6.54. The van der Waals surface area contributed by atoms with Gasteiger partial charge in [-0.25, -0.2) is 4.79 Å². The Kier molecular flexibility index (Phi) is 2.65. The normalized spacial score (nSPS) is 27.5. The number of hydrogen-bond donors (Lipinski definition) is 1. The van der Waals surface area contributed by atoms with Gasteiger partial charge in [0.1, 0.15) is 0 Å². The van der Waals surface area contributed by atoms with Gasteiger partial charge >= 0.3 is 5.97 Å². The standard InChI is InChI=1S/C8H12O3/c1-11-8(10)5-6-3-2-4-7(6)9/h5,7,9H,2-4H2,1H3/b6-5+. The van der Waals surface area contributed by atoms with Crippen molar-refractivity contribution in [2.45, 2.75) is 25.4 Å². The van der Waals surface area contributed by atoms with Crippen LogP contribution in [-0.2, 0) is 9.53 Å². The lowest BCUT2D eigenvalue weighted by Crippen LogP contribution is -2.05. The molecule has 0 aromatic carbocycles. The number of carbonyl (C=O) groups excluding carboxylic acids is 1. The lowest BCUT2D eigenvalue weighted by molar-refractivity contribution is -0.134. The van der Waals surface area contributed by atoms with Crippen molar-refractivity contribution in [3.05, 3.63) is 11.6 Å². The molecule has 1 atom stereocenters. The highest BCUT2D eigenvalue weighted by Crippen LogP contribution is 2.24. The fraction of sp³-hybridized carbons (Fsp3) is 0.625. The predicted molar refractivity (Wildman–Crippen MR) is 40.0 cm³/mol. The molecule has 0 bridgehead atoms. The molecule has 1 fully saturated rings. The van der Waals surface area contributed by atoms with E-state index in [4.69, 9.17) is 0 Å². The average Bonchev–Trinajstić information content (AvgIpc) is 2.37. The summed E-state index contributed by atoms with van der Waals surface area (Å²) >= 11 is 0. The van der Waals surface area contributed by atoms with Gasteiger partial charge in [-0.2, -0.15) is 0 Å². The van der Waals surface area contributed by atoms with Crippen molar-refractivity contribution in [3.63, 3.8) is 0 Å². The number of aliphatic hydroxyl groups excluding tert-OH is 1. The predicted octanol–water partition coefficient (Wildman–Crippen LogP) is 0.631. The molecule has 0 aromatic heterocycles. The second kappa shape index (κ2) is 3.53. The maximum atomic E-state index is 10.7. The van der Waals surface area contributed by atoms with Gasteiger partial charge in [0.05, 0.1) is 13.2 Å². The number of ether oxygens (including phenoxy) is 1. The molecule has 1 rings (SSSR count). The molecule has 3 nitrogen and oxygen atoms in total. The van der Waals surface area contributed by atoms with E-state index in [-0.39, 0.29) is 5.97 Å². The number of methoxy groups -OCH3 is 1. The van der Waals surface area contributed by atoms with E-state index in [0.29, 0.717) is 0 Å². The first-order valence-corrected chi connectivity index (χ1v) is 3.70. The number of hydrogen-bond acceptors (Lipinski definition) is 3. The first kappa shape index (κ1) is 8.27. The fourth-order valence-electron chi connectivity index (χ4n) is 1.23. The Morgan fingerprint density at radius 3 is 3.00 bits per heavy atom. The summed E-state index contributed by atoms with van der Waals surface area (Å²) in [6, 6.07) is 0. The summed E-state index contributed by atoms with van der Waals surface area (Å²) in [7, 11) is 1.33. The molecule has 11 heavy (non-hydrogen) atoms. The van der Waals surface area contributed by atoms with Crippen LogP contribution in [0.4, 0.5) is 0 Å². The minimum absolute atomic E-state index is 0.374. The Morgan fingerprint density at radius 2 is 2.55 bits per heavy atom. The largest absolute Gasteiger partial charge is 0.466 e. The van der Waals surface area contributed by atoms with E-state index in [9.17, 15) is 9.90 Å². The molecule has 1 aliphatic carbocycles. The third-order valence-electron chi connectivity index (χ3n) is 1.88. The first-order chi connectivity index (χ1) is 5.24. The number of aliphatic hydroxyl groups is 1. The van der Waals surface area contributed by atoms with Gasteiger partial charge < -0.3 is 9.84 Å². The molecule has 0 saturated heterocycles. The molecule has 1 unspecified atom stereocenters. The Labute approximate surface area is 65.7 Å². The highest BCUT2D eigenvalue weighted by atomic mass is 16.5. The van der Waals surface area contributed by atoms with Crippen LogP contribution >= 0.6 is 0 Å². The summed E-state index contributed by atoms with van der Waals surface area (Å²) in [6.07, 6.45) is 3.51. The van der Waals surface area contributed by atoms with E-state index in [2.05, 4.69) is 4.74 Å². The molecule has 0 amide bonds. The van der Waals surface area contributed by atoms with Gasteiger partial charge in [-0.15, -0.1) is 0 Å². The molecule has 0 heterocycles. The molecule has 1 saturated carbocycles. The molecule has 0 aromatic rings. The summed E-state index contributed by atoms with van der Waals surface area (Å²) in [5.41, 5.74) is 0.803. The summed E-state index contributed by atoms with van der Waals surface area (Å²) in [4.78, 5) is 10.7. The van der Waals surface area contributed by atoms with E-state index < -0.39 is 6.10 Å². The summed E-state index contributed by atoms with van der Waals surface area (Å²) in [5.74, 6) is -0.374. The van der Waals surface area contributed by atoms with Gasteiger partial charge in [0.2, 0.25) is 0 Å². The van der Waals surface area contributed by atoms with Gasteiger partial charge in [-0.1, -0.05) is 0 Å². The number of carbonyl (C=O) groups is 1. The third-order valence-corrected chi connectivity index (χ3v) is 1.88. The maximum absolute atomic E-state index is 10.7. The van der Waals surface area contributed by atoms with Crippen LogP contribution < -0.4 is 0 Å². The molecular weight excluding hydrogens is 144 g/mol. The van der Waals surface area contributed by atoms with Crippen LogP contribution in [0.25, 0.3) is 0 Å². The quantitative estimate of drug-likeness (QED) is 0.447. The van der Waals surface area contributed by atoms with E-state index in [1.54, 1.807) is 0 Å². The van der Waals surface area contributed by atoms with Crippen molar-refractivity contribution in [1.29, 1.82) is 0 Å². The average molecular weight is 156 g/mol. The van der Waals surface area contributed by atoms with Gasteiger partial charge in [0, 0.05) is 6.08 Å². The minimum Gasteiger partial charge on any atom is -0.466 e. The van der Waals surface area contributed by atoms with Crippen molar-refractivity contribution in [2.75, 3.05) is 7.11 Å². The van der Waals surface area contributed by atoms with Gasteiger partial charge in [0.15, 0.2) is 0 Å². The maximum Gasteiger partial charge on any atom is 0.330 e. The summed E-state index contributed by atoms with van der Waals surface area (Å²) in [5, 5.41) is 9.26. The highest BCUT2D eigenvalue weighted by Gasteiger charge is 2.18. The van der Waals surface area contributed by atoms with E-state index in [1.165, 1.54) is 13.2 Å². The van der Waals surface area contributed by atoms with Crippen LogP contribution in [0.5, 0.6) is 0 Å². The van der Waals surface area contributed by atoms with Gasteiger partial charge in [-0.05, 0) is 24.8 Å². The van der Waals surface area contributed by atoms with Crippen LogP contribution in [0.15, 0.2) is 11.6 Å². The van der Waals surface area contributed by atoms with Crippen molar-refractivity contribution in [1.82, 2.24) is 0 Å². The SMILES string of the molecule is COC(=O)/C=C1\CCCC1O. The molecular formula is C8H12O3. The topological polar surface area (TPSA) is 46.5 Å². The van der Waals surface area contributed by atoms with E-state index in [0.717, 1.165) is 24.8 Å². The van der Waals surface area contributed by atoms with Crippen molar-refractivity contribution >= 4 is 5.97 Å². The second-order valence-electron chi connectivity index (χ2n) is 2.65. The summed E-state index contributed by atoms with van der Waals surface area (Å²) in [6.45, 7) is 0. The Hall–Kier alpha value is -0.830. The van der Waals surface area contributed by atoms with Crippen LogP contribution in [0.3, 0.4) is 0 Å². The number of rotatable bonds is 1. The molecule has 0 spiro atoms. The van der Waals surface area contributed by atoms with Crippen molar-refractivity contribution < 1.29 is 14.6 Å². The van der Waals surface area contributed by atoms with Crippen LogP contribution in [0.1, 0.15) is 19.3 Å². The van der Waals surface area contributed by atoms with Crippen molar-refractivity contribution in [3.8, 4) is 0 Å².